The Balaban J connectivity index is 1.75. The Morgan fingerprint density at radius 1 is 1.24 bits per heavy atom. The van der Waals surface area contributed by atoms with Crippen LogP contribution in [0.5, 0.6) is 0 Å². The molecule has 0 heterocycles. The van der Waals surface area contributed by atoms with Crippen LogP contribution in [0.2, 0.25) is 0 Å². The van der Waals surface area contributed by atoms with Crippen LogP contribution in [0.25, 0.3) is 0 Å². The molecule has 1 amide bonds. The van der Waals surface area contributed by atoms with Crippen molar-refractivity contribution in [3.05, 3.63) is 35.9 Å². The summed E-state index contributed by atoms with van der Waals surface area (Å²) in [5.41, 5.74) is 6.94. The number of carbonyl (C=O) groups excluding carboxylic acids is 1. The molecule has 0 bridgehead atoms. The third kappa shape index (κ3) is 4.85. The molecular formula is C18H28N2O. The van der Waals surface area contributed by atoms with Crippen molar-refractivity contribution >= 4 is 5.91 Å². The number of nitrogens with two attached hydrogens (primary N) is 1. The molecule has 1 fully saturated rings. The molecule has 0 aromatic heterocycles. The summed E-state index contributed by atoms with van der Waals surface area (Å²) in [6.07, 6.45) is 6.35. The van der Waals surface area contributed by atoms with E-state index in [1.165, 1.54) is 18.4 Å². The smallest absolute Gasteiger partial charge is 0.223 e. The SMILES string of the molecule is CC(CCCN)C(=O)NC1CCC(c2ccccc2)CC1. The number of hydrogen-bond acceptors (Lipinski definition) is 2. The van der Waals surface area contributed by atoms with Crippen molar-refractivity contribution in [1.29, 1.82) is 0 Å². The second-order valence-electron chi connectivity index (χ2n) is 6.30. The summed E-state index contributed by atoms with van der Waals surface area (Å²) in [4.78, 5) is 12.1. The van der Waals surface area contributed by atoms with Gasteiger partial charge in [-0.05, 0) is 56.6 Å². The zero-order valence-electron chi connectivity index (χ0n) is 13.1. The number of rotatable bonds is 6. The van der Waals surface area contributed by atoms with E-state index >= 15 is 0 Å². The minimum atomic E-state index is 0.0837. The lowest BCUT2D eigenvalue weighted by Gasteiger charge is -2.30. The first-order valence-corrected chi connectivity index (χ1v) is 8.26. The average molecular weight is 288 g/mol. The van der Waals surface area contributed by atoms with E-state index in [1.807, 2.05) is 6.92 Å². The predicted molar refractivity (Wildman–Crippen MR) is 87.0 cm³/mol. The van der Waals surface area contributed by atoms with Crippen molar-refractivity contribution in [2.24, 2.45) is 11.7 Å². The maximum absolute atomic E-state index is 12.1. The topological polar surface area (TPSA) is 55.1 Å². The summed E-state index contributed by atoms with van der Waals surface area (Å²) < 4.78 is 0. The Kier molecular flexibility index (Phi) is 6.24. The van der Waals surface area contributed by atoms with E-state index in [0.29, 0.717) is 18.5 Å². The molecule has 0 radical (unpaired) electrons. The molecule has 0 spiro atoms. The highest BCUT2D eigenvalue weighted by Gasteiger charge is 2.24. The van der Waals surface area contributed by atoms with Crippen molar-refractivity contribution in [3.8, 4) is 0 Å². The molecule has 116 valence electrons. The number of carbonyl (C=O) groups is 1. The summed E-state index contributed by atoms with van der Waals surface area (Å²) in [6, 6.07) is 11.1. The zero-order valence-corrected chi connectivity index (χ0v) is 13.1. The van der Waals surface area contributed by atoms with Gasteiger partial charge in [0.05, 0.1) is 0 Å². The Labute approximate surface area is 128 Å². The summed E-state index contributed by atoms with van der Waals surface area (Å²) >= 11 is 0. The molecule has 0 saturated heterocycles. The van der Waals surface area contributed by atoms with Gasteiger partial charge in [-0.1, -0.05) is 37.3 Å². The third-order valence-corrected chi connectivity index (χ3v) is 4.63. The van der Waals surface area contributed by atoms with Crippen LogP contribution in [-0.2, 0) is 4.79 Å². The molecule has 1 aliphatic carbocycles. The highest BCUT2D eigenvalue weighted by molar-refractivity contribution is 5.78. The van der Waals surface area contributed by atoms with Gasteiger partial charge in [-0.2, -0.15) is 0 Å². The predicted octanol–water partition coefficient (Wildman–Crippen LogP) is 3.20. The van der Waals surface area contributed by atoms with Gasteiger partial charge < -0.3 is 11.1 Å². The van der Waals surface area contributed by atoms with Crippen LogP contribution in [0.1, 0.15) is 56.9 Å². The highest BCUT2D eigenvalue weighted by Crippen LogP contribution is 2.32. The fourth-order valence-electron chi connectivity index (χ4n) is 3.19. The summed E-state index contributed by atoms with van der Waals surface area (Å²) in [5, 5.41) is 3.22. The molecule has 3 N–H and O–H groups in total. The molecule has 1 atom stereocenters. The second kappa shape index (κ2) is 8.18. The Morgan fingerprint density at radius 3 is 2.52 bits per heavy atom. The van der Waals surface area contributed by atoms with Gasteiger partial charge in [0.2, 0.25) is 5.91 Å². The van der Waals surface area contributed by atoms with Crippen molar-refractivity contribution in [3.63, 3.8) is 0 Å². The van der Waals surface area contributed by atoms with Gasteiger partial charge >= 0.3 is 0 Å². The molecule has 3 nitrogen and oxygen atoms in total. The quantitative estimate of drug-likeness (QED) is 0.844. The van der Waals surface area contributed by atoms with Crippen LogP contribution < -0.4 is 11.1 Å². The summed E-state index contributed by atoms with van der Waals surface area (Å²) in [5.74, 6) is 0.945. The Hall–Kier alpha value is -1.35. The van der Waals surface area contributed by atoms with Crippen LogP contribution in [0.15, 0.2) is 30.3 Å². The first kappa shape index (κ1) is 16.0. The van der Waals surface area contributed by atoms with Crippen molar-refractivity contribution in [2.45, 2.75) is 57.4 Å². The van der Waals surface area contributed by atoms with Crippen LogP contribution in [-0.4, -0.2) is 18.5 Å². The monoisotopic (exact) mass is 288 g/mol. The van der Waals surface area contributed by atoms with E-state index < -0.39 is 0 Å². The molecule has 3 heteroatoms. The van der Waals surface area contributed by atoms with E-state index in [0.717, 1.165) is 25.7 Å². The average Bonchev–Trinajstić information content (AvgIpc) is 2.54. The number of amides is 1. The van der Waals surface area contributed by atoms with Crippen molar-refractivity contribution in [2.75, 3.05) is 6.54 Å². The second-order valence-corrected chi connectivity index (χ2v) is 6.30. The Bertz CT molecular complexity index is 424. The molecule has 1 aliphatic rings. The van der Waals surface area contributed by atoms with Gasteiger partial charge in [-0.3, -0.25) is 4.79 Å². The van der Waals surface area contributed by atoms with Crippen LogP contribution >= 0.6 is 0 Å². The minimum absolute atomic E-state index is 0.0837. The van der Waals surface area contributed by atoms with Crippen molar-refractivity contribution in [1.82, 2.24) is 5.32 Å². The number of benzene rings is 1. The molecule has 1 aromatic carbocycles. The fraction of sp³-hybridized carbons (Fsp3) is 0.611. The Morgan fingerprint density at radius 2 is 1.90 bits per heavy atom. The molecule has 21 heavy (non-hydrogen) atoms. The molecule has 2 rings (SSSR count). The van der Waals surface area contributed by atoms with Gasteiger partial charge in [0, 0.05) is 12.0 Å². The lowest BCUT2D eigenvalue weighted by Crippen LogP contribution is -2.40. The highest BCUT2D eigenvalue weighted by atomic mass is 16.1. The van der Waals surface area contributed by atoms with E-state index in [2.05, 4.69) is 35.6 Å². The van der Waals surface area contributed by atoms with Gasteiger partial charge in [0.25, 0.3) is 0 Å². The van der Waals surface area contributed by atoms with Gasteiger partial charge in [-0.25, -0.2) is 0 Å². The van der Waals surface area contributed by atoms with E-state index in [-0.39, 0.29) is 11.8 Å². The van der Waals surface area contributed by atoms with Crippen molar-refractivity contribution < 1.29 is 4.79 Å². The van der Waals surface area contributed by atoms with Gasteiger partial charge in [0.15, 0.2) is 0 Å². The summed E-state index contributed by atoms with van der Waals surface area (Å²) in [6.45, 7) is 2.67. The largest absolute Gasteiger partial charge is 0.353 e. The number of nitrogens with one attached hydrogen (secondary N) is 1. The third-order valence-electron chi connectivity index (χ3n) is 4.63. The van der Waals surface area contributed by atoms with E-state index in [9.17, 15) is 4.79 Å². The van der Waals surface area contributed by atoms with Crippen LogP contribution in [0, 0.1) is 5.92 Å². The lowest BCUT2D eigenvalue weighted by molar-refractivity contribution is -0.125. The molecular weight excluding hydrogens is 260 g/mol. The molecule has 1 saturated carbocycles. The molecule has 1 unspecified atom stereocenters. The van der Waals surface area contributed by atoms with Gasteiger partial charge in [-0.15, -0.1) is 0 Å². The van der Waals surface area contributed by atoms with Gasteiger partial charge in [0.1, 0.15) is 0 Å². The fourth-order valence-corrected chi connectivity index (χ4v) is 3.19. The normalized spacial score (nSPS) is 23.5. The molecule has 0 aliphatic heterocycles. The first-order valence-electron chi connectivity index (χ1n) is 8.26. The van der Waals surface area contributed by atoms with E-state index in [1.54, 1.807) is 0 Å². The van der Waals surface area contributed by atoms with E-state index in [4.69, 9.17) is 5.73 Å². The summed E-state index contributed by atoms with van der Waals surface area (Å²) in [7, 11) is 0. The maximum Gasteiger partial charge on any atom is 0.223 e. The minimum Gasteiger partial charge on any atom is -0.353 e. The first-order chi connectivity index (χ1) is 10.2. The van der Waals surface area contributed by atoms with Crippen LogP contribution in [0.4, 0.5) is 0 Å². The van der Waals surface area contributed by atoms with Crippen LogP contribution in [0.3, 0.4) is 0 Å². The molecule has 1 aromatic rings. The standard InChI is InChI=1S/C18H28N2O/c1-14(6-5-13-19)18(21)20-17-11-9-16(10-12-17)15-7-3-2-4-8-15/h2-4,7-8,14,16-17H,5-6,9-13,19H2,1H3,(H,20,21). The zero-order chi connectivity index (χ0) is 15.1. The maximum atomic E-state index is 12.1. The number of hydrogen-bond donors (Lipinski definition) is 2. The lowest BCUT2D eigenvalue weighted by atomic mass is 9.81.